The van der Waals surface area contributed by atoms with E-state index in [0.29, 0.717) is 11.3 Å². The molecule has 7 nitrogen and oxygen atoms in total. The molecule has 0 bridgehead atoms. The van der Waals surface area contributed by atoms with Crippen molar-refractivity contribution in [3.63, 3.8) is 0 Å². The molecule has 0 N–H and O–H groups in total. The first-order valence-electron chi connectivity index (χ1n) is 5.33. The first kappa shape index (κ1) is 13.5. The lowest BCUT2D eigenvalue weighted by Crippen LogP contribution is -2.14. The quantitative estimate of drug-likeness (QED) is 0.446. The number of hydrogen-bond donors (Lipinski definition) is 0. The normalized spacial score (nSPS) is 16.3. The Hall–Kier alpha value is -1.93. The lowest BCUT2D eigenvalue weighted by Gasteiger charge is -2.00. The van der Waals surface area contributed by atoms with Gasteiger partial charge in [-0.25, -0.2) is 0 Å². The molecule has 0 spiro atoms. The monoisotopic (exact) mass is 285 g/mol. The Bertz CT molecular complexity index is 622. The predicted molar refractivity (Wildman–Crippen MR) is 65.6 cm³/mol. The minimum Gasteiger partial charge on any atom is -0.433 e. The number of benzene rings is 1. The molecule has 0 unspecified atom stereocenters. The van der Waals surface area contributed by atoms with E-state index < -0.39 is 10.1 Å². The number of hydrogen-bond acceptors (Lipinski definition) is 7. The van der Waals surface area contributed by atoms with Gasteiger partial charge in [-0.15, -0.1) is 0 Å². The molecule has 1 aliphatic heterocycles. The zero-order chi connectivity index (χ0) is 13.9. The molecule has 0 aromatic heterocycles. The van der Waals surface area contributed by atoms with Crippen molar-refractivity contribution in [3.8, 4) is 5.75 Å². The lowest BCUT2D eigenvalue weighted by atomic mass is 10.1. The van der Waals surface area contributed by atoms with Crippen molar-refractivity contribution >= 4 is 21.8 Å². The molecular formula is C11H11NO6S. The van der Waals surface area contributed by atoms with E-state index in [1.54, 1.807) is 24.3 Å². The van der Waals surface area contributed by atoms with Crippen LogP contribution in [-0.2, 0) is 19.1 Å². The van der Waals surface area contributed by atoms with Gasteiger partial charge in [0.05, 0.1) is 11.8 Å². The van der Waals surface area contributed by atoms with Crippen molar-refractivity contribution in [1.29, 1.82) is 0 Å². The number of fused-ring (bicyclic) bond motifs is 1. The maximum atomic E-state index is 11.8. The number of carbonyl (C=O) groups excluding carboxylic acids is 1. The SMILES string of the molecule is CS(=O)(=O)OCCON=C1Oc2ccccc2C1=O. The first-order valence-corrected chi connectivity index (χ1v) is 7.15. The summed E-state index contributed by atoms with van der Waals surface area (Å²) in [6.45, 7) is -0.291. The number of para-hydroxylation sites is 1. The Morgan fingerprint density at radius 1 is 1.26 bits per heavy atom. The summed E-state index contributed by atoms with van der Waals surface area (Å²) in [7, 11) is -3.50. The van der Waals surface area contributed by atoms with Crippen molar-refractivity contribution in [2.45, 2.75) is 0 Å². The van der Waals surface area contributed by atoms with Gasteiger partial charge in [0.15, 0.2) is 0 Å². The van der Waals surface area contributed by atoms with Crippen LogP contribution in [0.1, 0.15) is 10.4 Å². The molecule has 0 aliphatic carbocycles. The molecule has 1 aromatic carbocycles. The van der Waals surface area contributed by atoms with Crippen LogP contribution in [0.4, 0.5) is 0 Å². The summed E-state index contributed by atoms with van der Waals surface area (Å²) in [5, 5.41) is 3.51. The van der Waals surface area contributed by atoms with Gasteiger partial charge in [0.1, 0.15) is 19.0 Å². The summed E-state index contributed by atoms with van der Waals surface area (Å²) in [6.07, 6.45) is 0.930. The third-order valence-electron chi connectivity index (χ3n) is 2.15. The van der Waals surface area contributed by atoms with E-state index in [1.807, 2.05) is 0 Å². The van der Waals surface area contributed by atoms with Gasteiger partial charge in [-0.3, -0.25) is 8.98 Å². The summed E-state index contributed by atoms with van der Waals surface area (Å²) in [4.78, 5) is 16.5. The van der Waals surface area contributed by atoms with Gasteiger partial charge in [-0.2, -0.15) is 8.42 Å². The van der Waals surface area contributed by atoms with Crippen molar-refractivity contribution in [2.24, 2.45) is 5.16 Å². The number of ketones is 1. The third kappa shape index (κ3) is 3.52. The second-order valence-corrected chi connectivity index (χ2v) is 5.33. The largest absolute Gasteiger partial charge is 0.433 e. The van der Waals surface area contributed by atoms with Gasteiger partial charge in [-0.05, 0) is 17.3 Å². The summed E-state index contributed by atoms with van der Waals surface area (Å²) >= 11 is 0. The van der Waals surface area contributed by atoms with Crippen molar-refractivity contribution in [3.05, 3.63) is 29.8 Å². The number of oxime groups is 1. The zero-order valence-electron chi connectivity index (χ0n) is 10.0. The van der Waals surface area contributed by atoms with E-state index in [4.69, 9.17) is 9.57 Å². The highest BCUT2D eigenvalue weighted by atomic mass is 32.2. The standard InChI is InChI=1S/C11H11NO6S/c1-19(14,15)17-7-6-16-12-11-10(13)8-4-2-3-5-9(8)18-11/h2-5H,6-7H2,1H3. The topological polar surface area (TPSA) is 91.3 Å². The summed E-state index contributed by atoms with van der Waals surface area (Å²) in [5.74, 6) is -0.137. The van der Waals surface area contributed by atoms with Gasteiger partial charge in [0.25, 0.3) is 15.9 Å². The molecule has 8 heteroatoms. The van der Waals surface area contributed by atoms with Crippen LogP contribution in [0.5, 0.6) is 5.75 Å². The number of rotatable bonds is 5. The third-order valence-corrected chi connectivity index (χ3v) is 2.75. The Labute approximate surface area is 109 Å². The molecule has 0 radical (unpaired) electrons. The average molecular weight is 285 g/mol. The van der Waals surface area contributed by atoms with Gasteiger partial charge < -0.3 is 9.57 Å². The van der Waals surface area contributed by atoms with Crippen LogP contribution in [0.15, 0.2) is 29.4 Å². The van der Waals surface area contributed by atoms with Crippen LogP contribution >= 0.6 is 0 Å². The van der Waals surface area contributed by atoms with Crippen LogP contribution in [0.3, 0.4) is 0 Å². The molecule has 1 aliphatic rings. The molecule has 102 valence electrons. The lowest BCUT2D eigenvalue weighted by molar-refractivity contribution is 0.0968. The maximum Gasteiger partial charge on any atom is 0.304 e. The molecule has 2 rings (SSSR count). The van der Waals surface area contributed by atoms with Gasteiger partial charge in [0.2, 0.25) is 0 Å². The molecular weight excluding hydrogens is 274 g/mol. The molecule has 0 saturated carbocycles. The molecule has 1 heterocycles. The van der Waals surface area contributed by atoms with Crippen LogP contribution < -0.4 is 4.74 Å². The van der Waals surface area contributed by atoms with E-state index in [-0.39, 0.29) is 24.9 Å². The fraction of sp³-hybridized carbons (Fsp3) is 0.273. The van der Waals surface area contributed by atoms with Crippen molar-refractivity contribution < 1.29 is 27.0 Å². The molecule has 0 atom stereocenters. The minimum absolute atomic E-state index is 0.108. The Balaban J connectivity index is 1.88. The number of Topliss-reactive ketones (excluding diaryl/α,β-unsaturated/α-hetero) is 1. The van der Waals surface area contributed by atoms with Crippen molar-refractivity contribution in [2.75, 3.05) is 19.5 Å². The number of ether oxygens (including phenoxy) is 1. The number of nitrogens with zero attached hydrogens (tertiary/aromatic N) is 1. The van der Waals surface area contributed by atoms with Crippen LogP contribution in [0.2, 0.25) is 0 Å². The first-order chi connectivity index (χ1) is 8.97. The summed E-state index contributed by atoms with van der Waals surface area (Å²) in [6, 6.07) is 6.70. The fourth-order valence-corrected chi connectivity index (χ4v) is 1.77. The Morgan fingerprint density at radius 2 is 2.00 bits per heavy atom. The van der Waals surface area contributed by atoms with Crippen LogP contribution in [0, 0.1) is 0 Å². The zero-order valence-corrected chi connectivity index (χ0v) is 10.8. The van der Waals surface area contributed by atoms with Crippen LogP contribution in [-0.4, -0.2) is 39.6 Å². The molecule has 0 amide bonds. The Kier molecular flexibility index (Phi) is 3.82. The maximum absolute atomic E-state index is 11.8. The van der Waals surface area contributed by atoms with Gasteiger partial charge in [0, 0.05) is 0 Å². The highest BCUT2D eigenvalue weighted by Gasteiger charge is 2.29. The van der Waals surface area contributed by atoms with E-state index >= 15 is 0 Å². The van der Waals surface area contributed by atoms with E-state index in [2.05, 4.69) is 9.34 Å². The highest BCUT2D eigenvalue weighted by molar-refractivity contribution is 7.85. The van der Waals surface area contributed by atoms with Gasteiger partial charge >= 0.3 is 5.90 Å². The molecule has 19 heavy (non-hydrogen) atoms. The minimum atomic E-state index is -3.50. The smallest absolute Gasteiger partial charge is 0.304 e. The van der Waals surface area contributed by atoms with E-state index in [9.17, 15) is 13.2 Å². The van der Waals surface area contributed by atoms with E-state index in [0.717, 1.165) is 6.26 Å². The number of carbonyl (C=O) groups is 1. The average Bonchev–Trinajstić information content (AvgIpc) is 2.65. The van der Waals surface area contributed by atoms with Crippen LogP contribution in [0.25, 0.3) is 0 Å². The van der Waals surface area contributed by atoms with E-state index in [1.165, 1.54) is 0 Å². The predicted octanol–water partition coefficient (Wildman–Crippen LogP) is 0.568. The second kappa shape index (κ2) is 5.37. The second-order valence-electron chi connectivity index (χ2n) is 3.68. The highest BCUT2D eigenvalue weighted by Crippen LogP contribution is 2.25. The molecule has 0 saturated heterocycles. The molecule has 1 aromatic rings. The molecule has 0 fully saturated rings. The Morgan fingerprint density at radius 3 is 2.68 bits per heavy atom. The summed E-state index contributed by atoms with van der Waals surface area (Å²) in [5.41, 5.74) is 0.414. The van der Waals surface area contributed by atoms with Crippen molar-refractivity contribution in [1.82, 2.24) is 0 Å². The summed E-state index contributed by atoms with van der Waals surface area (Å²) < 4.78 is 30.9. The van der Waals surface area contributed by atoms with Gasteiger partial charge in [-0.1, -0.05) is 12.1 Å². The fourth-order valence-electron chi connectivity index (χ4n) is 1.40.